The molecule has 0 aliphatic carbocycles. The molecule has 0 amide bonds. The summed E-state index contributed by atoms with van der Waals surface area (Å²) in [5.41, 5.74) is 1.72. The molecule has 0 bridgehead atoms. The highest BCUT2D eigenvalue weighted by molar-refractivity contribution is 6.35. The Bertz CT molecular complexity index is 909. The first-order valence-corrected chi connectivity index (χ1v) is 10.5. The lowest BCUT2D eigenvalue weighted by atomic mass is 10.1. The van der Waals surface area contributed by atoms with Gasteiger partial charge in [0, 0.05) is 32.8 Å². The van der Waals surface area contributed by atoms with Crippen molar-refractivity contribution >= 4 is 46.4 Å². The van der Waals surface area contributed by atoms with Crippen molar-refractivity contribution in [1.29, 1.82) is 0 Å². The average molecular weight is 496 g/mol. The van der Waals surface area contributed by atoms with E-state index in [2.05, 4.69) is 0 Å². The molecule has 0 saturated carbocycles. The van der Waals surface area contributed by atoms with Crippen LogP contribution in [0.1, 0.15) is 11.1 Å². The Balaban J connectivity index is 1.66. The van der Waals surface area contributed by atoms with Crippen LogP contribution in [0.5, 0.6) is 0 Å². The standard InChI is InChI=1S/C21H19Cl4FO4/c1-27-21-16(8-26)20(29-10-13-3-5-15(23)7-18(13)25)19(30-21)11-28-9-12-2-4-14(22)6-17(12)24/h2-8,19-21H,9-11H2,1H3/b16-8+/t19-,20+,21+/m1/s1. The van der Waals surface area contributed by atoms with Crippen molar-refractivity contribution in [2.24, 2.45) is 0 Å². The quantitative estimate of drug-likeness (QED) is 0.412. The number of hydrogen-bond donors (Lipinski definition) is 0. The molecule has 9 heteroatoms. The van der Waals surface area contributed by atoms with Gasteiger partial charge in [0.05, 0.1) is 26.2 Å². The molecule has 0 unspecified atom stereocenters. The van der Waals surface area contributed by atoms with Gasteiger partial charge in [0.25, 0.3) is 0 Å². The second kappa shape index (κ2) is 11.1. The van der Waals surface area contributed by atoms with E-state index in [1.807, 2.05) is 0 Å². The zero-order valence-corrected chi connectivity index (χ0v) is 18.9. The highest BCUT2D eigenvalue weighted by Crippen LogP contribution is 2.32. The molecule has 0 aromatic heterocycles. The molecule has 162 valence electrons. The fourth-order valence-electron chi connectivity index (χ4n) is 3.03. The topological polar surface area (TPSA) is 36.9 Å². The molecule has 2 aromatic rings. The predicted molar refractivity (Wildman–Crippen MR) is 116 cm³/mol. The van der Waals surface area contributed by atoms with Crippen LogP contribution in [0, 0.1) is 0 Å². The van der Waals surface area contributed by atoms with E-state index in [1.165, 1.54) is 7.11 Å². The molecule has 30 heavy (non-hydrogen) atoms. The maximum Gasteiger partial charge on any atom is 0.185 e. The van der Waals surface area contributed by atoms with Crippen LogP contribution in [0.3, 0.4) is 0 Å². The van der Waals surface area contributed by atoms with Crippen LogP contribution in [0.2, 0.25) is 20.1 Å². The molecule has 2 aromatic carbocycles. The molecule has 3 atom stereocenters. The van der Waals surface area contributed by atoms with E-state index < -0.39 is 18.5 Å². The SMILES string of the molecule is CO[C@H]1O[C@H](COCc2ccc(Cl)cc2Cl)[C@@H](OCc2ccc(Cl)cc2Cl)/C1=C\F. The number of methoxy groups -OCH3 is 1. The van der Waals surface area contributed by atoms with Crippen LogP contribution < -0.4 is 0 Å². The summed E-state index contributed by atoms with van der Waals surface area (Å²) in [4.78, 5) is 0. The lowest BCUT2D eigenvalue weighted by Crippen LogP contribution is -2.30. The third kappa shape index (κ3) is 5.87. The zero-order chi connectivity index (χ0) is 21.7. The van der Waals surface area contributed by atoms with Crippen LogP contribution in [0.25, 0.3) is 0 Å². The van der Waals surface area contributed by atoms with E-state index >= 15 is 0 Å². The van der Waals surface area contributed by atoms with Gasteiger partial charge in [0.2, 0.25) is 0 Å². The maximum atomic E-state index is 13.6. The Labute approximate surface area is 194 Å². The number of halogens is 5. The molecule has 0 spiro atoms. The van der Waals surface area contributed by atoms with E-state index in [9.17, 15) is 4.39 Å². The number of hydrogen-bond acceptors (Lipinski definition) is 4. The van der Waals surface area contributed by atoms with Gasteiger partial charge in [-0.05, 0) is 35.4 Å². The van der Waals surface area contributed by atoms with Crippen molar-refractivity contribution in [3.05, 3.63) is 79.5 Å². The van der Waals surface area contributed by atoms with Crippen molar-refractivity contribution in [1.82, 2.24) is 0 Å². The summed E-state index contributed by atoms with van der Waals surface area (Å²) in [6.45, 7) is 0.504. The van der Waals surface area contributed by atoms with Gasteiger partial charge < -0.3 is 18.9 Å². The van der Waals surface area contributed by atoms with Crippen molar-refractivity contribution in [3.63, 3.8) is 0 Å². The Morgan fingerprint density at radius 2 is 1.57 bits per heavy atom. The summed E-state index contributed by atoms with van der Waals surface area (Å²) in [5.74, 6) is 0. The Morgan fingerprint density at radius 3 is 2.10 bits per heavy atom. The van der Waals surface area contributed by atoms with E-state index in [0.717, 1.165) is 5.56 Å². The summed E-state index contributed by atoms with van der Waals surface area (Å²) < 4.78 is 36.2. The lowest BCUT2D eigenvalue weighted by molar-refractivity contribution is -0.133. The summed E-state index contributed by atoms with van der Waals surface area (Å²) >= 11 is 24.2. The molecule has 4 nitrogen and oxygen atoms in total. The van der Waals surface area contributed by atoms with Gasteiger partial charge in [-0.25, -0.2) is 4.39 Å². The zero-order valence-electron chi connectivity index (χ0n) is 15.9. The highest BCUT2D eigenvalue weighted by atomic mass is 35.5. The molecule has 1 aliphatic heterocycles. The fourth-order valence-corrected chi connectivity index (χ4v) is 3.96. The van der Waals surface area contributed by atoms with Crippen molar-refractivity contribution in [2.45, 2.75) is 31.7 Å². The molecule has 1 fully saturated rings. The molecule has 3 rings (SSSR count). The third-order valence-electron chi connectivity index (χ3n) is 4.57. The first kappa shape index (κ1) is 23.8. The number of benzene rings is 2. The largest absolute Gasteiger partial charge is 0.374 e. The van der Waals surface area contributed by atoms with E-state index in [-0.39, 0.29) is 25.4 Å². The number of rotatable bonds is 8. The van der Waals surface area contributed by atoms with Gasteiger partial charge in [0.15, 0.2) is 6.29 Å². The normalized spacial score (nSPS) is 22.7. The maximum absolute atomic E-state index is 13.6. The predicted octanol–water partition coefficient (Wildman–Crippen LogP) is 6.63. The van der Waals surface area contributed by atoms with Gasteiger partial charge in [-0.15, -0.1) is 0 Å². The summed E-state index contributed by atoms with van der Waals surface area (Å²) in [6, 6.07) is 10.2. The van der Waals surface area contributed by atoms with E-state index in [1.54, 1.807) is 36.4 Å². The average Bonchev–Trinajstić information content (AvgIpc) is 3.05. The van der Waals surface area contributed by atoms with E-state index in [4.69, 9.17) is 65.4 Å². The highest BCUT2D eigenvalue weighted by Gasteiger charge is 2.41. The van der Waals surface area contributed by atoms with Gasteiger partial charge in [-0.3, -0.25) is 0 Å². The molecule has 0 radical (unpaired) electrons. The first-order valence-electron chi connectivity index (χ1n) is 8.98. The second-order valence-electron chi connectivity index (χ2n) is 6.57. The van der Waals surface area contributed by atoms with Crippen LogP contribution in [-0.4, -0.2) is 32.2 Å². The van der Waals surface area contributed by atoms with Crippen LogP contribution in [0.4, 0.5) is 4.39 Å². The minimum atomic E-state index is -0.867. The Morgan fingerprint density at radius 1 is 0.967 bits per heavy atom. The second-order valence-corrected chi connectivity index (χ2v) is 8.26. The molecule has 1 saturated heterocycles. The van der Waals surface area contributed by atoms with Gasteiger partial charge in [-0.2, -0.15) is 0 Å². The Hall–Kier alpha value is -0.890. The molecule has 1 aliphatic rings. The third-order valence-corrected chi connectivity index (χ3v) is 5.74. The number of ether oxygens (including phenoxy) is 4. The minimum Gasteiger partial charge on any atom is -0.374 e. The monoisotopic (exact) mass is 494 g/mol. The molecular weight excluding hydrogens is 477 g/mol. The van der Waals surface area contributed by atoms with Crippen LogP contribution in [-0.2, 0) is 32.2 Å². The summed E-state index contributed by atoms with van der Waals surface area (Å²) in [6.07, 6.45) is -1.73. The van der Waals surface area contributed by atoms with E-state index in [0.29, 0.717) is 32.0 Å². The minimum absolute atomic E-state index is 0.134. The molecule has 0 N–H and O–H groups in total. The fraction of sp³-hybridized carbons (Fsp3) is 0.333. The smallest absolute Gasteiger partial charge is 0.185 e. The van der Waals surface area contributed by atoms with Gasteiger partial charge in [-0.1, -0.05) is 58.5 Å². The van der Waals surface area contributed by atoms with Crippen molar-refractivity contribution in [2.75, 3.05) is 13.7 Å². The van der Waals surface area contributed by atoms with Gasteiger partial charge in [0.1, 0.15) is 12.2 Å². The molecular formula is C21H19Cl4FO4. The summed E-state index contributed by atoms with van der Waals surface area (Å²) in [5, 5.41) is 2.02. The van der Waals surface area contributed by atoms with Crippen molar-refractivity contribution < 1.29 is 23.3 Å². The summed E-state index contributed by atoms with van der Waals surface area (Å²) in [7, 11) is 1.43. The molecule has 1 heterocycles. The van der Waals surface area contributed by atoms with Crippen LogP contribution >= 0.6 is 46.4 Å². The lowest BCUT2D eigenvalue weighted by Gasteiger charge is -2.20. The first-order chi connectivity index (χ1) is 14.4. The van der Waals surface area contributed by atoms with Crippen LogP contribution in [0.15, 0.2) is 48.3 Å². The van der Waals surface area contributed by atoms with Crippen molar-refractivity contribution in [3.8, 4) is 0 Å². The Kier molecular flexibility index (Phi) is 8.81. The van der Waals surface area contributed by atoms with Gasteiger partial charge >= 0.3 is 0 Å².